The number of carbonyl (C=O) groups excluding carboxylic acids is 14. The van der Waals surface area contributed by atoms with Crippen LogP contribution in [0.2, 0.25) is 0 Å². The Bertz CT molecular complexity index is 4040. The van der Waals surface area contributed by atoms with E-state index in [9.17, 15) is 97.1 Å². The van der Waals surface area contributed by atoms with Gasteiger partial charge in [0.15, 0.2) is 6.04 Å². The quantitative estimate of drug-likeness (QED) is 0.0411. The molecule has 36 nitrogen and oxygen atoms in total. The normalized spacial score (nSPS) is 22.9. The summed E-state index contributed by atoms with van der Waals surface area (Å²) in [5.74, 6) is -21.5. The van der Waals surface area contributed by atoms with Crippen LogP contribution in [0.5, 0.6) is 0 Å². The third-order valence-electron chi connectivity index (χ3n) is 17.7. The summed E-state index contributed by atoms with van der Waals surface area (Å²) in [5.41, 5.74) is 0.961. The number of benzene rings is 2. The highest BCUT2D eigenvalue weighted by Gasteiger charge is 2.40. The number of para-hydroxylation sites is 2. The number of H-pyrrole nitrogens is 2. The molecule has 4 aromatic rings. The first-order valence-corrected chi connectivity index (χ1v) is 38.6. The van der Waals surface area contributed by atoms with Gasteiger partial charge in [-0.15, -0.1) is 0 Å². The Morgan fingerprint density at radius 3 is 1.54 bits per heavy atom. The van der Waals surface area contributed by atoms with Crippen molar-refractivity contribution in [1.82, 2.24) is 79.1 Å². The van der Waals surface area contributed by atoms with Crippen LogP contribution in [-0.4, -0.2) is 228 Å². The standard InChI is InChI=1S/C73H103N15O21S2/c1-34(2)23-47-62(98)76-31-56(92)79-46(21-22-57(93)94)63(99)82-48(24-35(3)4)68(104)87-59(36(5)6)71(107)84-50(26-41-30-75-45-20-16-14-18-43(41)45)65(101)86-54(70(106)88-60(38(8)89)72(108)109)33-111-110-32-53(85-67(103)52(28-58(95)96)78-39(9)90)69(105)77-37(7)61(97)80-49(25-40-29-74-44-19-15-13-17-42(40)44)64(100)83-51(66(102)81-47)27-55(91)73(10,11)12/h13-20,29-30,34-38,46-54,59-60,74-75,89H,21-28,31-33H2,1-12H3,(H,76,98)(H,77,105)(H,78,90)(H,79,92)(H,80,97)(H,81,102)(H,82,99)(H,83,100)(H,84,107)(H,85,103)(H,86,101)(H,87,104)(H,88,106)(H,93,94)(H,95,96)(H,108,109)/t37-,38+,46-,47-,48-,49-,50-,51-,52-,53-,54-,59-,60-/m0/s1. The van der Waals surface area contributed by atoms with E-state index in [-0.39, 0.29) is 37.5 Å². The molecule has 0 saturated carbocycles. The molecule has 13 amide bonds. The summed E-state index contributed by atoms with van der Waals surface area (Å²) in [6.45, 7) is 16.9. The van der Waals surface area contributed by atoms with Crippen molar-refractivity contribution < 1.29 is 102 Å². The number of aliphatic hydroxyl groups is 1. The van der Waals surface area contributed by atoms with Crippen molar-refractivity contribution in [3.63, 3.8) is 0 Å². The van der Waals surface area contributed by atoms with Crippen molar-refractivity contribution in [2.75, 3.05) is 18.1 Å². The fraction of sp³-hybridized carbons (Fsp3) is 0.548. The summed E-state index contributed by atoms with van der Waals surface area (Å²) < 4.78 is 0. The van der Waals surface area contributed by atoms with E-state index >= 15 is 4.79 Å². The topological polar surface area (TPSA) is 559 Å². The molecular weight excluding hydrogens is 1490 g/mol. The lowest BCUT2D eigenvalue weighted by atomic mass is 9.86. The molecule has 2 aromatic heterocycles. The van der Waals surface area contributed by atoms with Crippen molar-refractivity contribution in [2.45, 2.75) is 213 Å². The predicted molar refractivity (Wildman–Crippen MR) is 408 cm³/mol. The van der Waals surface area contributed by atoms with Gasteiger partial charge in [-0.2, -0.15) is 0 Å². The Kier molecular flexibility index (Phi) is 34.9. The van der Waals surface area contributed by atoms with E-state index in [1.165, 1.54) is 6.92 Å². The number of aromatic amines is 2. The van der Waals surface area contributed by atoms with E-state index in [0.29, 0.717) is 32.9 Å². The number of Topliss-reactive ketones (excluding diaryl/α,β-unsaturated/α-hetero) is 1. The minimum atomic E-state index is -1.98. The number of carbonyl (C=O) groups is 17. The minimum absolute atomic E-state index is 0.110. The lowest BCUT2D eigenvalue weighted by Gasteiger charge is -2.29. The van der Waals surface area contributed by atoms with E-state index in [0.717, 1.165) is 35.4 Å². The number of hydrogen-bond donors (Lipinski definition) is 19. The molecule has 5 rings (SSSR count). The van der Waals surface area contributed by atoms with Gasteiger partial charge in [-0.05, 0) is 74.1 Å². The molecule has 3 heterocycles. The number of aliphatic hydroxyl groups excluding tert-OH is 1. The number of fused-ring (bicyclic) bond motifs is 2. The van der Waals surface area contributed by atoms with Crippen molar-refractivity contribution in [1.29, 1.82) is 0 Å². The van der Waals surface area contributed by atoms with E-state index in [1.807, 2.05) is 0 Å². The monoisotopic (exact) mass is 1590 g/mol. The zero-order valence-electron chi connectivity index (χ0n) is 63.8. The molecule has 1 saturated heterocycles. The van der Waals surface area contributed by atoms with Gasteiger partial charge in [0.1, 0.15) is 72.2 Å². The minimum Gasteiger partial charge on any atom is -0.481 e. The second-order valence-corrected chi connectivity index (χ2v) is 32.0. The molecule has 1 aliphatic rings. The lowest BCUT2D eigenvalue weighted by Crippen LogP contribution is -2.61. The SMILES string of the molecule is CC(=O)N[C@@H](CC(=O)O)C(=O)N[C@H]1CSSC[C@@H](C(=O)N[C@H](C(=O)O)[C@@H](C)O)NC(=O)[C@H](Cc2c[nH]c3ccccc23)NC(=O)[C@H](C(C)C)NC(=O)[C@H](CC(C)C)NC(=O)[C@H](CCC(=O)O)NC(=O)CNC(=O)[C@H](CC(C)C)NC(=O)[C@H](CC(=O)C(C)(C)C)NC(=O)[C@H](Cc2c[nH]c3ccccc23)NC(=O)[C@H](C)NC1=O. The van der Waals surface area contributed by atoms with Gasteiger partial charge in [-0.25, -0.2) is 4.79 Å². The average Bonchev–Trinajstić information content (AvgIpc) is 1.70. The average molecular weight is 1590 g/mol. The van der Waals surface area contributed by atoms with Crippen LogP contribution in [0.1, 0.15) is 133 Å². The molecule has 1 fully saturated rings. The lowest BCUT2D eigenvalue weighted by molar-refractivity contribution is -0.145. The Morgan fingerprint density at radius 2 is 1.04 bits per heavy atom. The highest BCUT2D eigenvalue weighted by atomic mass is 33.1. The molecule has 13 atom stereocenters. The Balaban J connectivity index is 1.68. The summed E-state index contributed by atoms with van der Waals surface area (Å²) in [6, 6.07) is -6.60. The van der Waals surface area contributed by atoms with Crippen LogP contribution in [0.3, 0.4) is 0 Å². The Labute approximate surface area is 648 Å². The first kappa shape index (κ1) is 91.0. The van der Waals surface area contributed by atoms with Crippen molar-refractivity contribution in [3.8, 4) is 0 Å². The first-order valence-electron chi connectivity index (χ1n) is 36.1. The molecular formula is C73H103N15O21S2. The van der Waals surface area contributed by atoms with Crippen molar-refractivity contribution in [3.05, 3.63) is 72.1 Å². The van der Waals surface area contributed by atoms with Gasteiger partial charge in [0.05, 0.1) is 19.1 Å². The van der Waals surface area contributed by atoms with Crippen LogP contribution in [-0.2, 0) is 94.3 Å². The zero-order chi connectivity index (χ0) is 82.9. The number of amides is 13. The number of hydrogen-bond acceptors (Lipinski definition) is 20. The summed E-state index contributed by atoms with van der Waals surface area (Å²) in [5, 5.41) is 73.5. The summed E-state index contributed by atoms with van der Waals surface area (Å²) in [6.07, 6.45) is -2.44. The summed E-state index contributed by atoms with van der Waals surface area (Å²) >= 11 is 0. The number of carboxylic acid groups (broad SMARTS) is 3. The zero-order valence-corrected chi connectivity index (χ0v) is 65.5. The van der Waals surface area contributed by atoms with Crippen LogP contribution in [0, 0.1) is 23.2 Å². The molecule has 0 radical (unpaired) electrons. The maximum absolute atomic E-state index is 15.1. The summed E-state index contributed by atoms with van der Waals surface area (Å²) in [4.78, 5) is 243. The van der Waals surface area contributed by atoms with Crippen LogP contribution in [0.25, 0.3) is 21.8 Å². The Morgan fingerprint density at radius 1 is 0.550 bits per heavy atom. The largest absolute Gasteiger partial charge is 0.481 e. The molecule has 19 N–H and O–H groups in total. The van der Waals surface area contributed by atoms with Gasteiger partial charge in [0.2, 0.25) is 76.8 Å². The second-order valence-electron chi connectivity index (χ2n) is 29.4. The fourth-order valence-corrected chi connectivity index (χ4v) is 13.9. The maximum atomic E-state index is 15.1. The number of aliphatic carboxylic acids is 3. The number of carboxylic acids is 3. The van der Waals surface area contributed by atoms with Gasteiger partial charge < -0.3 is 99.5 Å². The first-order chi connectivity index (χ1) is 52.0. The number of nitrogens with one attached hydrogen (secondary N) is 15. The van der Waals surface area contributed by atoms with Crippen molar-refractivity contribution >= 4 is 144 Å². The third kappa shape index (κ3) is 29.0. The van der Waals surface area contributed by atoms with Crippen LogP contribution in [0.4, 0.5) is 0 Å². The van der Waals surface area contributed by atoms with E-state index in [2.05, 4.69) is 79.1 Å². The number of rotatable bonds is 23. The number of ketones is 1. The smallest absolute Gasteiger partial charge is 0.328 e. The fourth-order valence-electron chi connectivity index (χ4n) is 11.6. The molecule has 608 valence electrons. The molecule has 2 aromatic carbocycles. The molecule has 111 heavy (non-hydrogen) atoms. The highest BCUT2D eigenvalue weighted by molar-refractivity contribution is 8.76. The van der Waals surface area contributed by atoms with Crippen LogP contribution in [0.15, 0.2) is 60.9 Å². The molecule has 1 aliphatic heterocycles. The van der Waals surface area contributed by atoms with E-state index in [1.54, 1.807) is 123 Å². The summed E-state index contributed by atoms with van der Waals surface area (Å²) in [7, 11) is 1.46. The molecule has 0 aliphatic carbocycles. The number of aromatic nitrogens is 2. The predicted octanol–water partition coefficient (Wildman–Crippen LogP) is -0.639. The van der Waals surface area contributed by atoms with E-state index in [4.69, 9.17) is 0 Å². The third-order valence-corrected chi connectivity index (χ3v) is 20.1. The van der Waals surface area contributed by atoms with Crippen LogP contribution >= 0.6 is 21.6 Å². The van der Waals surface area contributed by atoms with Gasteiger partial charge in [0.25, 0.3) is 0 Å². The molecule has 0 unspecified atom stereocenters. The molecule has 0 spiro atoms. The maximum Gasteiger partial charge on any atom is 0.328 e. The van der Waals surface area contributed by atoms with E-state index < -0.39 is 234 Å². The van der Waals surface area contributed by atoms with Gasteiger partial charge >= 0.3 is 17.9 Å². The molecule has 0 bridgehead atoms. The van der Waals surface area contributed by atoms with Crippen LogP contribution < -0.4 is 69.1 Å². The Hall–Kier alpha value is -10.6. The highest BCUT2D eigenvalue weighted by Crippen LogP contribution is 2.26. The van der Waals surface area contributed by atoms with Gasteiger partial charge in [-0.3, -0.25) is 76.7 Å². The molecule has 38 heteroatoms. The van der Waals surface area contributed by atoms with Gasteiger partial charge in [-0.1, -0.05) is 120 Å². The second kappa shape index (κ2) is 42.5. The van der Waals surface area contributed by atoms with Crippen molar-refractivity contribution in [2.24, 2.45) is 23.2 Å². The van der Waals surface area contributed by atoms with Gasteiger partial charge in [0, 0.05) is 83.7 Å².